The van der Waals surface area contributed by atoms with Crippen molar-refractivity contribution < 1.29 is 33.4 Å². The number of likely N-dealkylation sites (tertiary alicyclic amines) is 1. The summed E-state index contributed by atoms with van der Waals surface area (Å²) in [5.74, 6) is -2.17. The van der Waals surface area contributed by atoms with Crippen LogP contribution in [0.5, 0.6) is 0 Å². The summed E-state index contributed by atoms with van der Waals surface area (Å²) in [5, 5.41) is 5.02. The van der Waals surface area contributed by atoms with Crippen LogP contribution < -0.4 is 10.6 Å². The Kier molecular flexibility index (Phi) is 6.73. The quantitative estimate of drug-likeness (QED) is 0.455. The van der Waals surface area contributed by atoms with Crippen molar-refractivity contribution in [1.29, 1.82) is 0 Å². The van der Waals surface area contributed by atoms with Crippen LogP contribution in [0.15, 0.2) is 11.3 Å². The first-order valence-electron chi connectivity index (χ1n) is 10.3. The fourth-order valence-electron chi connectivity index (χ4n) is 4.27. The number of nitrogens with one attached hydrogen (secondary N) is 2. The summed E-state index contributed by atoms with van der Waals surface area (Å²) >= 11 is 0. The molecule has 2 heterocycles. The topological polar surface area (TPSA) is 131 Å². The van der Waals surface area contributed by atoms with E-state index in [2.05, 4.69) is 10.6 Å². The van der Waals surface area contributed by atoms with Crippen LogP contribution in [0.2, 0.25) is 0 Å². The molecule has 0 spiro atoms. The van der Waals surface area contributed by atoms with E-state index in [-0.39, 0.29) is 61.1 Å². The van der Waals surface area contributed by atoms with Crippen LogP contribution in [0.25, 0.3) is 0 Å². The number of ether oxygens (including phenoxy) is 2. The van der Waals surface area contributed by atoms with Crippen LogP contribution in [0.4, 0.5) is 4.79 Å². The van der Waals surface area contributed by atoms with Gasteiger partial charge >= 0.3 is 18.0 Å². The summed E-state index contributed by atoms with van der Waals surface area (Å²) in [5.41, 5.74) is 0.329. The van der Waals surface area contributed by atoms with E-state index in [1.807, 2.05) is 0 Å². The van der Waals surface area contributed by atoms with Crippen LogP contribution >= 0.6 is 0 Å². The van der Waals surface area contributed by atoms with Gasteiger partial charge in [0.05, 0.1) is 42.2 Å². The Morgan fingerprint density at radius 1 is 1.07 bits per heavy atom. The van der Waals surface area contributed by atoms with Crippen molar-refractivity contribution in [3.8, 4) is 0 Å². The van der Waals surface area contributed by atoms with Crippen molar-refractivity contribution in [2.45, 2.75) is 52.0 Å². The highest BCUT2D eigenvalue weighted by Gasteiger charge is 2.47. The lowest BCUT2D eigenvalue weighted by Crippen LogP contribution is -2.50. The Hall–Kier alpha value is -2.91. The SMILES string of the molecule is CCOC(=O)C1=C(COC(=O)CCN2C(=O)[C@@H]3CCCC[C@H]3C2=O)NC(=O)N[C@H]1C. The Bertz CT molecular complexity index is 767. The number of amides is 4. The van der Waals surface area contributed by atoms with Gasteiger partial charge in [-0.2, -0.15) is 0 Å². The summed E-state index contributed by atoms with van der Waals surface area (Å²) in [6.45, 7) is 3.09. The highest BCUT2D eigenvalue weighted by atomic mass is 16.5. The minimum atomic E-state index is -0.637. The molecule has 0 bridgehead atoms. The first-order chi connectivity index (χ1) is 14.3. The number of rotatable bonds is 7. The normalized spacial score (nSPS) is 26.1. The maximum Gasteiger partial charge on any atom is 0.338 e. The molecule has 0 aromatic heterocycles. The molecule has 4 amide bonds. The summed E-state index contributed by atoms with van der Waals surface area (Å²) < 4.78 is 10.2. The molecule has 1 saturated heterocycles. The monoisotopic (exact) mass is 421 g/mol. The molecule has 2 N–H and O–H groups in total. The van der Waals surface area contributed by atoms with Crippen molar-refractivity contribution in [3.63, 3.8) is 0 Å². The van der Waals surface area contributed by atoms with E-state index in [9.17, 15) is 24.0 Å². The number of esters is 2. The average Bonchev–Trinajstić information content (AvgIpc) is 2.95. The summed E-state index contributed by atoms with van der Waals surface area (Å²) in [4.78, 5) is 62.2. The molecule has 0 unspecified atom stereocenters. The third kappa shape index (κ3) is 4.47. The summed E-state index contributed by atoms with van der Waals surface area (Å²) in [6.07, 6.45) is 3.15. The van der Waals surface area contributed by atoms with Gasteiger partial charge in [0.2, 0.25) is 11.8 Å². The van der Waals surface area contributed by atoms with Crippen molar-refractivity contribution in [3.05, 3.63) is 11.3 Å². The molecule has 10 heteroatoms. The molecule has 3 aliphatic rings. The molecular formula is C20H27N3O7. The maximum absolute atomic E-state index is 12.5. The van der Waals surface area contributed by atoms with E-state index in [0.717, 1.165) is 12.8 Å². The molecule has 0 aromatic rings. The number of carbonyl (C=O) groups excluding carboxylic acids is 5. The predicted octanol–water partition coefficient (Wildman–Crippen LogP) is 0.613. The molecule has 10 nitrogen and oxygen atoms in total. The standard InChI is InChI=1S/C20H27N3O7/c1-3-29-19(27)16-11(2)21-20(28)22-14(16)10-30-15(24)8-9-23-17(25)12-6-4-5-7-13(12)18(23)26/h11-13H,3-10H2,1-2H3,(H2,21,22,28)/t11-,12+,13+/m0/s1. The first kappa shape index (κ1) is 21.8. The predicted molar refractivity (Wildman–Crippen MR) is 103 cm³/mol. The molecule has 3 atom stereocenters. The van der Waals surface area contributed by atoms with E-state index >= 15 is 0 Å². The van der Waals surface area contributed by atoms with Crippen LogP contribution in [-0.4, -0.2) is 60.5 Å². The van der Waals surface area contributed by atoms with Gasteiger partial charge in [-0.15, -0.1) is 0 Å². The van der Waals surface area contributed by atoms with Gasteiger partial charge in [-0.25, -0.2) is 9.59 Å². The number of urea groups is 1. The molecule has 0 radical (unpaired) electrons. The third-order valence-corrected chi connectivity index (χ3v) is 5.71. The molecular weight excluding hydrogens is 394 g/mol. The van der Waals surface area contributed by atoms with E-state index in [4.69, 9.17) is 9.47 Å². The zero-order valence-corrected chi connectivity index (χ0v) is 17.2. The van der Waals surface area contributed by atoms with Gasteiger partial charge in [0.15, 0.2) is 0 Å². The maximum atomic E-state index is 12.5. The van der Waals surface area contributed by atoms with Crippen molar-refractivity contribution in [2.24, 2.45) is 11.8 Å². The zero-order valence-electron chi connectivity index (χ0n) is 17.2. The van der Waals surface area contributed by atoms with Gasteiger partial charge < -0.3 is 20.1 Å². The highest BCUT2D eigenvalue weighted by Crippen LogP contribution is 2.37. The van der Waals surface area contributed by atoms with Crippen LogP contribution in [0.3, 0.4) is 0 Å². The lowest BCUT2D eigenvalue weighted by atomic mass is 9.81. The minimum absolute atomic E-state index is 0.0302. The van der Waals surface area contributed by atoms with Gasteiger partial charge in [0, 0.05) is 6.54 Å². The van der Waals surface area contributed by atoms with Gasteiger partial charge in [0.25, 0.3) is 0 Å². The smallest absolute Gasteiger partial charge is 0.338 e. The second kappa shape index (κ2) is 9.27. The number of hydrogen-bond acceptors (Lipinski definition) is 7. The van der Waals surface area contributed by atoms with Crippen LogP contribution in [-0.2, 0) is 28.7 Å². The van der Waals surface area contributed by atoms with Gasteiger partial charge in [-0.3, -0.25) is 19.3 Å². The number of hydrogen-bond donors (Lipinski definition) is 2. The largest absolute Gasteiger partial charge is 0.463 e. The number of nitrogens with zero attached hydrogens (tertiary/aromatic N) is 1. The molecule has 1 aliphatic carbocycles. The summed E-state index contributed by atoms with van der Waals surface area (Å²) in [6, 6.07) is -1.12. The Morgan fingerprint density at radius 2 is 1.70 bits per heavy atom. The summed E-state index contributed by atoms with van der Waals surface area (Å²) in [7, 11) is 0. The average molecular weight is 421 g/mol. The number of fused-ring (bicyclic) bond motifs is 1. The van der Waals surface area contributed by atoms with Gasteiger partial charge in [0.1, 0.15) is 6.61 Å². The Labute approximate surface area is 174 Å². The van der Waals surface area contributed by atoms with Gasteiger partial charge in [-0.1, -0.05) is 12.8 Å². The molecule has 30 heavy (non-hydrogen) atoms. The van der Waals surface area contributed by atoms with Crippen LogP contribution in [0.1, 0.15) is 46.0 Å². The minimum Gasteiger partial charge on any atom is -0.463 e. The number of imide groups is 1. The Morgan fingerprint density at radius 3 is 2.30 bits per heavy atom. The fraction of sp³-hybridized carbons (Fsp3) is 0.650. The second-order valence-electron chi connectivity index (χ2n) is 7.67. The zero-order chi connectivity index (χ0) is 21.8. The fourth-order valence-corrected chi connectivity index (χ4v) is 4.27. The molecule has 1 saturated carbocycles. The molecule has 164 valence electrons. The Balaban J connectivity index is 1.57. The highest BCUT2D eigenvalue weighted by molar-refractivity contribution is 6.05. The first-order valence-corrected chi connectivity index (χ1v) is 10.3. The molecule has 3 rings (SSSR count). The van der Waals surface area contributed by atoms with Crippen LogP contribution in [0, 0.1) is 11.8 Å². The third-order valence-electron chi connectivity index (χ3n) is 5.71. The van der Waals surface area contributed by atoms with Crippen molar-refractivity contribution in [1.82, 2.24) is 15.5 Å². The van der Waals surface area contributed by atoms with Gasteiger partial charge in [-0.05, 0) is 26.7 Å². The van der Waals surface area contributed by atoms with E-state index < -0.39 is 24.0 Å². The van der Waals surface area contributed by atoms with Crippen molar-refractivity contribution in [2.75, 3.05) is 19.8 Å². The van der Waals surface area contributed by atoms with E-state index in [0.29, 0.717) is 12.8 Å². The van der Waals surface area contributed by atoms with E-state index in [1.165, 1.54) is 4.90 Å². The number of carbonyl (C=O) groups is 5. The molecule has 0 aromatic carbocycles. The molecule has 2 fully saturated rings. The molecule has 2 aliphatic heterocycles. The lowest BCUT2D eigenvalue weighted by Gasteiger charge is -2.26. The van der Waals surface area contributed by atoms with E-state index in [1.54, 1.807) is 13.8 Å². The lowest BCUT2D eigenvalue weighted by molar-refractivity contribution is -0.146. The second-order valence-corrected chi connectivity index (χ2v) is 7.67. The van der Waals surface area contributed by atoms with Crippen molar-refractivity contribution >= 4 is 29.8 Å².